The third kappa shape index (κ3) is 4.05. The van der Waals surface area contributed by atoms with E-state index < -0.39 is 4.92 Å². The third-order valence-electron chi connectivity index (χ3n) is 3.01. The van der Waals surface area contributed by atoms with Crippen molar-refractivity contribution in [1.29, 1.82) is 0 Å². The van der Waals surface area contributed by atoms with Crippen molar-refractivity contribution in [1.82, 2.24) is 0 Å². The number of rotatable bonds is 6. The van der Waals surface area contributed by atoms with Crippen LogP contribution < -0.4 is 5.32 Å². The number of carbonyl (C=O) groups is 1. The molecule has 0 saturated heterocycles. The highest BCUT2D eigenvalue weighted by Crippen LogP contribution is 2.16. The lowest BCUT2D eigenvalue weighted by Gasteiger charge is -2.07. The first-order valence-electron chi connectivity index (χ1n) is 6.84. The van der Waals surface area contributed by atoms with Crippen LogP contribution in [0, 0.1) is 10.1 Å². The van der Waals surface area contributed by atoms with E-state index in [2.05, 4.69) is 5.32 Å². The van der Waals surface area contributed by atoms with Gasteiger partial charge >= 0.3 is 5.97 Å². The number of nitro groups is 1. The fourth-order valence-corrected chi connectivity index (χ4v) is 1.92. The summed E-state index contributed by atoms with van der Waals surface area (Å²) in [6.45, 7) is 2.55. The summed E-state index contributed by atoms with van der Waals surface area (Å²) in [6, 6.07) is 13.3. The van der Waals surface area contributed by atoms with Gasteiger partial charge in [0.05, 0.1) is 17.1 Å². The van der Waals surface area contributed by atoms with Crippen molar-refractivity contribution in [2.75, 3.05) is 11.9 Å². The number of esters is 1. The zero-order chi connectivity index (χ0) is 15.9. The van der Waals surface area contributed by atoms with E-state index >= 15 is 0 Å². The average molecular weight is 300 g/mol. The summed E-state index contributed by atoms with van der Waals surface area (Å²) in [5.41, 5.74) is 2.18. The Morgan fingerprint density at radius 3 is 2.59 bits per heavy atom. The van der Waals surface area contributed by atoms with Gasteiger partial charge in [0.25, 0.3) is 5.69 Å². The molecule has 6 heteroatoms. The van der Waals surface area contributed by atoms with Crippen molar-refractivity contribution < 1.29 is 14.5 Å². The topological polar surface area (TPSA) is 81.5 Å². The highest BCUT2D eigenvalue weighted by Gasteiger charge is 2.07. The molecule has 0 saturated carbocycles. The van der Waals surface area contributed by atoms with Crippen molar-refractivity contribution in [3.05, 3.63) is 69.8 Å². The molecular weight excluding hydrogens is 284 g/mol. The van der Waals surface area contributed by atoms with Crippen LogP contribution in [0.15, 0.2) is 48.5 Å². The number of non-ortho nitro benzene ring substituents is 1. The highest BCUT2D eigenvalue weighted by atomic mass is 16.6. The SMILES string of the molecule is CCOC(=O)c1ccc(NCc2cccc([N+](=O)[O-])c2)cc1. The standard InChI is InChI=1S/C16H16N2O4/c1-2-22-16(19)13-6-8-14(9-7-13)17-11-12-4-3-5-15(10-12)18(20)21/h3-10,17H,2,11H2,1H3. The summed E-state index contributed by atoms with van der Waals surface area (Å²) in [4.78, 5) is 21.8. The van der Waals surface area contributed by atoms with Gasteiger partial charge in [0.15, 0.2) is 0 Å². The van der Waals surface area contributed by atoms with E-state index in [1.54, 1.807) is 37.3 Å². The van der Waals surface area contributed by atoms with E-state index in [0.29, 0.717) is 18.7 Å². The van der Waals surface area contributed by atoms with Crippen LogP contribution in [-0.2, 0) is 11.3 Å². The van der Waals surface area contributed by atoms with Gasteiger partial charge < -0.3 is 10.1 Å². The predicted molar refractivity (Wildman–Crippen MR) is 82.8 cm³/mol. The summed E-state index contributed by atoms with van der Waals surface area (Å²) in [5.74, 6) is -0.354. The fourth-order valence-electron chi connectivity index (χ4n) is 1.92. The number of benzene rings is 2. The van der Waals surface area contributed by atoms with Crippen LogP contribution in [0.2, 0.25) is 0 Å². The number of nitrogens with one attached hydrogen (secondary N) is 1. The first-order valence-corrected chi connectivity index (χ1v) is 6.84. The number of carbonyl (C=O) groups excluding carboxylic acids is 1. The number of hydrogen-bond acceptors (Lipinski definition) is 5. The van der Waals surface area contributed by atoms with Gasteiger partial charge in [0, 0.05) is 24.4 Å². The monoisotopic (exact) mass is 300 g/mol. The average Bonchev–Trinajstić information content (AvgIpc) is 2.54. The third-order valence-corrected chi connectivity index (χ3v) is 3.01. The van der Waals surface area contributed by atoms with Crippen LogP contribution in [0.4, 0.5) is 11.4 Å². The Kier molecular flexibility index (Phi) is 5.08. The number of ether oxygens (including phenoxy) is 1. The Morgan fingerprint density at radius 2 is 1.95 bits per heavy atom. The molecule has 0 aliphatic heterocycles. The maximum atomic E-state index is 11.5. The lowest BCUT2D eigenvalue weighted by Crippen LogP contribution is -2.05. The first kappa shape index (κ1) is 15.5. The van der Waals surface area contributed by atoms with E-state index in [1.807, 2.05) is 6.07 Å². The maximum Gasteiger partial charge on any atom is 0.338 e. The molecule has 0 unspecified atom stereocenters. The first-order chi connectivity index (χ1) is 10.6. The van der Waals surface area contributed by atoms with Crippen molar-refractivity contribution in [3.8, 4) is 0 Å². The Morgan fingerprint density at radius 1 is 1.23 bits per heavy atom. The molecule has 0 bridgehead atoms. The van der Waals surface area contributed by atoms with Gasteiger partial charge in [-0.15, -0.1) is 0 Å². The van der Waals surface area contributed by atoms with E-state index in [-0.39, 0.29) is 11.7 Å². The van der Waals surface area contributed by atoms with Crippen LogP contribution in [0.25, 0.3) is 0 Å². The second kappa shape index (κ2) is 7.21. The van der Waals surface area contributed by atoms with Gasteiger partial charge in [-0.3, -0.25) is 10.1 Å². The van der Waals surface area contributed by atoms with Gasteiger partial charge in [-0.1, -0.05) is 12.1 Å². The Labute approximate surface area is 127 Å². The highest BCUT2D eigenvalue weighted by molar-refractivity contribution is 5.89. The van der Waals surface area contributed by atoms with Gasteiger partial charge in [0.1, 0.15) is 0 Å². The molecule has 2 aromatic rings. The molecule has 0 heterocycles. The van der Waals surface area contributed by atoms with Crippen molar-refractivity contribution >= 4 is 17.3 Å². The van der Waals surface area contributed by atoms with Crippen LogP contribution >= 0.6 is 0 Å². The summed E-state index contributed by atoms with van der Waals surface area (Å²) < 4.78 is 4.91. The van der Waals surface area contributed by atoms with Crippen molar-refractivity contribution in [2.45, 2.75) is 13.5 Å². The lowest BCUT2D eigenvalue weighted by molar-refractivity contribution is -0.384. The van der Waals surface area contributed by atoms with E-state index in [1.165, 1.54) is 12.1 Å². The minimum Gasteiger partial charge on any atom is -0.462 e. The fraction of sp³-hybridized carbons (Fsp3) is 0.188. The zero-order valence-electron chi connectivity index (χ0n) is 12.1. The Hall–Kier alpha value is -2.89. The van der Waals surface area contributed by atoms with Crippen LogP contribution in [0.1, 0.15) is 22.8 Å². The molecule has 0 fully saturated rings. The van der Waals surface area contributed by atoms with E-state index in [0.717, 1.165) is 11.3 Å². The van der Waals surface area contributed by atoms with Gasteiger partial charge in [-0.25, -0.2) is 4.79 Å². The van der Waals surface area contributed by atoms with Crippen LogP contribution in [0.3, 0.4) is 0 Å². The lowest BCUT2D eigenvalue weighted by atomic mass is 10.2. The Balaban J connectivity index is 1.98. The minimum atomic E-state index is -0.419. The molecule has 6 nitrogen and oxygen atoms in total. The summed E-state index contributed by atoms with van der Waals surface area (Å²) in [6.07, 6.45) is 0. The van der Waals surface area contributed by atoms with E-state index in [4.69, 9.17) is 4.74 Å². The van der Waals surface area contributed by atoms with Crippen molar-refractivity contribution in [2.24, 2.45) is 0 Å². The largest absolute Gasteiger partial charge is 0.462 e. The summed E-state index contributed by atoms with van der Waals surface area (Å²) >= 11 is 0. The van der Waals surface area contributed by atoms with Crippen LogP contribution in [-0.4, -0.2) is 17.5 Å². The molecular formula is C16H16N2O4. The van der Waals surface area contributed by atoms with Gasteiger partial charge in [0.2, 0.25) is 0 Å². The molecule has 2 rings (SSSR count). The second-order valence-corrected chi connectivity index (χ2v) is 4.58. The summed E-state index contributed by atoms with van der Waals surface area (Å²) in [7, 11) is 0. The molecule has 0 radical (unpaired) electrons. The molecule has 0 aliphatic rings. The van der Waals surface area contributed by atoms with E-state index in [9.17, 15) is 14.9 Å². The molecule has 1 N–H and O–H groups in total. The Bertz CT molecular complexity index is 668. The quantitative estimate of drug-likeness (QED) is 0.502. The van der Waals surface area contributed by atoms with Gasteiger partial charge in [-0.05, 0) is 36.8 Å². The maximum absolute atomic E-state index is 11.5. The molecule has 0 amide bonds. The molecule has 114 valence electrons. The molecule has 2 aromatic carbocycles. The molecule has 22 heavy (non-hydrogen) atoms. The smallest absolute Gasteiger partial charge is 0.338 e. The number of hydrogen-bond donors (Lipinski definition) is 1. The predicted octanol–water partition coefficient (Wildman–Crippen LogP) is 3.38. The molecule has 0 aromatic heterocycles. The number of nitrogens with zero attached hydrogens (tertiary/aromatic N) is 1. The zero-order valence-corrected chi connectivity index (χ0v) is 12.1. The van der Waals surface area contributed by atoms with Crippen molar-refractivity contribution in [3.63, 3.8) is 0 Å². The molecule has 0 spiro atoms. The number of anilines is 1. The normalized spacial score (nSPS) is 10.0. The molecule has 0 atom stereocenters. The second-order valence-electron chi connectivity index (χ2n) is 4.58. The number of nitro benzene ring substituents is 1. The summed E-state index contributed by atoms with van der Waals surface area (Å²) in [5, 5.41) is 13.9. The molecule has 0 aliphatic carbocycles. The minimum absolute atomic E-state index is 0.0666. The van der Waals surface area contributed by atoms with Gasteiger partial charge in [-0.2, -0.15) is 0 Å². The van der Waals surface area contributed by atoms with Crippen LogP contribution in [0.5, 0.6) is 0 Å².